The predicted octanol–water partition coefficient (Wildman–Crippen LogP) is 0.212. The van der Waals surface area contributed by atoms with Crippen molar-refractivity contribution in [2.24, 2.45) is 0 Å². The minimum atomic E-state index is -0.524. The lowest BCUT2D eigenvalue weighted by atomic mass is 10.0. The van der Waals surface area contributed by atoms with Gasteiger partial charge in [0.1, 0.15) is 0 Å². The molecule has 2 N–H and O–H groups in total. The molecule has 4 nitrogen and oxygen atoms in total. The summed E-state index contributed by atoms with van der Waals surface area (Å²) in [6, 6.07) is 0. The molecule has 0 aromatic carbocycles. The van der Waals surface area contributed by atoms with Gasteiger partial charge >= 0.3 is 0 Å². The largest absolute Gasteiger partial charge is 0.387 e. The second kappa shape index (κ2) is 5.45. The van der Waals surface area contributed by atoms with Crippen LogP contribution in [0.4, 0.5) is 0 Å². The molecule has 0 bridgehead atoms. The first-order valence-electron chi connectivity index (χ1n) is 6.41. The molecule has 0 amide bonds. The second-order valence-electron chi connectivity index (χ2n) is 5.34. The number of ether oxygens (including phenoxy) is 1. The summed E-state index contributed by atoms with van der Waals surface area (Å²) >= 11 is 0. The third-order valence-corrected chi connectivity index (χ3v) is 3.57. The van der Waals surface area contributed by atoms with E-state index in [1.165, 1.54) is 19.3 Å². The Bertz CT molecular complexity index is 211. The van der Waals surface area contributed by atoms with E-state index in [2.05, 4.69) is 17.3 Å². The van der Waals surface area contributed by atoms with E-state index in [1.807, 2.05) is 0 Å². The molecule has 0 aliphatic carbocycles. The Kier molecular flexibility index (Phi) is 4.19. The van der Waals surface area contributed by atoms with Gasteiger partial charge < -0.3 is 20.1 Å². The highest BCUT2D eigenvalue weighted by atomic mass is 16.5. The summed E-state index contributed by atoms with van der Waals surface area (Å²) in [5.74, 6) is 0. The van der Waals surface area contributed by atoms with E-state index in [0.717, 1.165) is 39.2 Å². The molecule has 0 spiro atoms. The lowest BCUT2D eigenvalue weighted by Crippen LogP contribution is -2.45. The van der Waals surface area contributed by atoms with Crippen LogP contribution in [0, 0.1) is 0 Å². The zero-order valence-corrected chi connectivity index (χ0v) is 10.2. The Hall–Kier alpha value is -0.160. The molecule has 94 valence electrons. The fraction of sp³-hybridized carbons (Fsp3) is 1.00. The van der Waals surface area contributed by atoms with Gasteiger partial charge in [-0.2, -0.15) is 0 Å². The van der Waals surface area contributed by atoms with Crippen molar-refractivity contribution in [3.8, 4) is 0 Å². The van der Waals surface area contributed by atoms with Crippen LogP contribution in [0.15, 0.2) is 0 Å². The summed E-state index contributed by atoms with van der Waals surface area (Å²) in [4.78, 5) is 2.21. The SMILES string of the molecule is CN(CC1CCCCO1)CC1(O)CCNC1. The number of hydrogen-bond donors (Lipinski definition) is 2. The van der Waals surface area contributed by atoms with Crippen molar-refractivity contribution in [3.05, 3.63) is 0 Å². The minimum Gasteiger partial charge on any atom is -0.387 e. The summed E-state index contributed by atoms with van der Waals surface area (Å²) in [6.07, 6.45) is 4.89. The number of β-amino-alcohol motifs (C(OH)–C–C–N with tert-alkyl or cyclic N) is 1. The number of likely N-dealkylation sites (N-methyl/N-ethyl adjacent to an activating group) is 1. The number of nitrogens with one attached hydrogen (secondary N) is 1. The first-order valence-corrected chi connectivity index (χ1v) is 6.41. The van der Waals surface area contributed by atoms with Gasteiger partial charge in [-0.15, -0.1) is 0 Å². The van der Waals surface area contributed by atoms with E-state index < -0.39 is 5.60 Å². The Labute approximate surface area is 98.0 Å². The summed E-state index contributed by atoms with van der Waals surface area (Å²) < 4.78 is 5.71. The third-order valence-electron chi connectivity index (χ3n) is 3.57. The zero-order valence-electron chi connectivity index (χ0n) is 10.2. The topological polar surface area (TPSA) is 44.7 Å². The minimum absolute atomic E-state index is 0.372. The van der Waals surface area contributed by atoms with Crippen molar-refractivity contribution >= 4 is 0 Å². The maximum atomic E-state index is 10.2. The van der Waals surface area contributed by atoms with Crippen LogP contribution in [0.5, 0.6) is 0 Å². The Morgan fingerprint density at radius 1 is 1.50 bits per heavy atom. The van der Waals surface area contributed by atoms with E-state index in [1.54, 1.807) is 0 Å². The van der Waals surface area contributed by atoms with E-state index in [-0.39, 0.29) is 0 Å². The molecule has 2 aliphatic heterocycles. The lowest BCUT2D eigenvalue weighted by molar-refractivity contribution is -0.0230. The number of rotatable bonds is 4. The highest BCUT2D eigenvalue weighted by molar-refractivity contribution is 4.90. The molecule has 2 fully saturated rings. The molecule has 0 aromatic heterocycles. The maximum Gasteiger partial charge on any atom is 0.0909 e. The van der Waals surface area contributed by atoms with Gasteiger partial charge in [0.15, 0.2) is 0 Å². The van der Waals surface area contributed by atoms with Gasteiger partial charge in [0, 0.05) is 26.2 Å². The predicted molar refractivity (Wildman–Crippen MR) is 63.5 cm³/mol. The standard InChI is InChI=1S/C12H24N2O2/c1-14(8-11-4-2-3-7-16-11)10-12(15)5-6-13-9-12/h11,13,15H,2-10H2,1H3. The van der Waals surface area contributed by atoms with Gasteiger partial charge in [0.05, 0.1) is 11.7 Å². The molecule has 2 atom stereocenters. The molecule has 0 radical (unpaired) electrons. The average Bonchev–Trinajstić information content (AvgIpc) is 2.66. The van der Waals surface area contributed by atoms with Crippen LogP contribution in [0.3, 0.4) is 0 Å². The van der Waals surface area contributed by atoms with Gasteiger partial charge in [0.25, 0.3) is 0 Å². The van der Waals surface area contributed by atoms with E-state index in [4.69, 9.17) is 4.74 Å². The Morgan fingerprint density at radius 2 is 2.38 bits per heavy atom. The molecule has 0 aromatic rings. The van der Waals surface area contributed by atoms with Crippen LogP contribution in [-0.4, -0.2) is 61.5 Å². The van der Waals surface area contributed by atoms with Gasteiger partial charge in [0.2, 0.25) is 0 Å². The van der Waals surface area contributed by atoms with Gasteiger partial charge in [-0.3, -0.25) is 0 Å². The number of hydrogen-bond acceptors (Lipinski definition) is 4. The summed E-state index contributed by atoms with van der Waals surface area (Å²) in [5, 5.41) is 13.5. The molecule has 4 heteroatoms. The van der Waals surface area contributed by atoms with E-state index in [9.17, 15) is 5.11 Å². The molecule has 0 saturated carbocycles. The molecule has 2 heterocycles. The van der Waals surface area contributed by atoms with E-state index >= 15 is 0 Å². The van der Waals surface area contributed by atoms with Crippen LogP contribution in [0.2, 0.25) is 0 Å². The molecule has 2 rings (SSSR count). The fourth-order valence-electron chi connectivity index (χ4n) is 2.73. The van der Waals surface area contributed by atoms with Crippen molar-refractivity contribution < 1.29 is 9.84 Å². The summed E-state index contributed by atoms with van der Waals surface area (Å²) in [5.41, 5.74) is -0.524. The van der Waals surface area contributed by atoms with Crippen molar-refractivity contribution in [2.75, 3.05) is 39.8 Å². The quantitative estimate of drug-likeness (QED) is 0.722. The molecule has 2 unspecified atom stereocenters. The second-order valence-corrected chi connectivity index (χ2v) is 5.34. The molecule has 2 saturated heterocycles. The van der Waals surface area contributed by atoms with Crippen LogP contribution >= 0.6 is 0 Å². The first-order chi connectivity index (χ1) is 7.68. The maximum absolute atomic E-state index is 10.2. The van der Waals surface area contributed by atoms with Crippen molar-refractivity contribution in [1.82, 2.24) is 10.2 Å². The highest BCUT2D eigenvalue weighted by Gasteiger charge is 2.32. The van der Waals surface area contributed by atoms with Crippen LogP contribution in [0.1, 0.15) is 25.7 Å². The number of aliphatic hydroxyl groups is 1. The van der Waals surface area contributed by atoms with Crippen LogP contribution < -0.4 is 5.32 Å². The average molecular weight is 228 g/mol. The molecular weight excluding hydrogens is 204 g/mol. The third kappa shape index (κ3) is 3.42. The molecular formula is C12H24N2O2. The van der Waals surface area contributed by atoms with Crippen LogP contribution in [0.25, 0.3) is 0 Å². The van der Waals surface area contributed by atoms with E-state index in [0.29, 0.717) is 6.10 Å². The molecule has 16 heavy (non-hydrogen) atoms. The summed E-state index contributed by atoms with van der Waals surface area (Å²) in [6.45, 7) is 4.26. The normalized spacial score (nSPS) is 35.8. The smallest absolute Gasteiger partial charge is 0.0909 e. The van der Waals surface area contributed by atoms with Crippen LogP contribution in [-0.2, 0) is 4.74 Å². The monoisotopic (exact) mass is 228 g/mol. The van der Waals surface area contributed by atoms with Crippen molar-refractivity contribution in [2.45, 2.75) is 37.4 Å². The van der Waals surface area contributed by atoms with Gasteiger partial charge in [-0.1, -0.05) is 0 Å². The Morgan fingerprint density at radius 3 is 3.00 bits per heavy atom. The highest BCUT2D eigenvalue weighted by Crippen LogP contribution is 2.18. The summed E-state index contributed by atoms with van der Waals surface area (Å²) in [7, 11) is 2.08. The fourth-order valence-corrected chi connectivity index (χ4v) is 2.73. The zero-order chi connectivity index (χ0) is 11.4. The van der Waals surface area contributed by atoms with Gasteiger partial charge in [-0.05, 0) is 39.3 Å². The van der Waals surface area contributed by atoms with Gasteiger partial charge in [-0.25, -0.2) is 0 Å². The molecule has 2 aliphatic rings. The van der Waals surface area contributed by atoms with Crippen molar-refractivity contribution in [3.63, 3.8) is 0 Å². The lowest BCUT2D eigenvalue weighted by Gasteiger charge is -2.32. The number of nitrogens with zero attached hydrogens (tertiary/aromatic N) is 1. The Balaban J connectivity index is 1.72. The van der Waals surface area contributed by atoms with Crippen molar-refractivity contribution in [1.29, 1.82) is 0 Å². The first kappa shape index (κ1) is 12.3.